The van der Waals surface area contributed by atoms with Gasteiger partial charge < -0.3 is 9.47 Å². The van der Waals surface area contributed by atoms with Gasteiger partial charge >= 0.3 is 167 Å². The Morgan fingerprint density at radius 1 is 0.281 bits per heavy atom. The van der Waals surface area contributed by atoms with Crippen LogP contribution in [0.15, 0.2) is 182 Å². The zero-order chi connectivity index (χ0) is 82.3. The maximum absolute atomic E-state index is 6.31. The number of aryl methyl sites for hydroxylation is 10. The number of ether oxygens (including phenoxy) is 2. The summed E-state index contributed by atoms with van der Waals surface area (Å²) in [6.07, 6.45) is 25.0. The molecule has 114 heavy (non-hydrogen) atoms. The first-order chi connectivity index (χ1) is 54.4. The van der Waals surface area contributed by atoms with E-state index < -0.39 is 8.07 Å². The molecule has 0 saturated heterocycles. The monoisotopic (exact) mass is 1600 g/mol. The Labute approximate surface area is 700 Å². The van der Waals surface area contributed by atoms with Crippen LogP contribution in [0.1, 0.15) is 338 Å². The Kier molecular flexibility index (Phi) is 28.0. The number of fused-ring (bicyclic) bond motifs is 10. The molecule has 4 heteroatoms. The molecule has 15 rings (SSSR count). The summed E-state index contributed by atoms with van der Waals surface area (Å²) in [5.74, 6) is 4.25. The van der Waals surface area contributed by atoms with Crippen molar-refractivity contribution in [3.05, 3.63) is 304 Å². The number of para-hydroxylation sites is 2. The number of hydrogen-bond acceptors (Lipinski definition) is 2. The van der Waals surface area contributed by atoms with Crippen molar-refractivity contribution < 1.29 is 9.47 Å². The van der Waals surface area contributed by atoms with Crippen LogP contribution in [0.4, 0.5) is 0 Å². The fourth-order valence-electron chi connectivity index (χ4n) is 20.9. The fourth-order valence-corrected chi connectivity index (χ4v) is 27.6. The van der Waals surface area contributed by atoms with E-state index in [1.807, 2.05) is 0 Å². The zero-order valence-corrected chi connectivity index (χ0v) is 77.9. The molecule has 0 aromatic heterocycles. The second kappa shape index (κ2) is 36.6. The molecular weight excluding hydrogens is 1460 g/mol. The molecule has 10 aromatic rings. The summed E-state index contributed by atoms with van der Waals surface area (Å²) in [5.41, 5.74) is 33.4. The second-order valence-electron chi connectivity index (χ2n) is 37.4. The smallest absolute Gasteiger partial charge is 0.134 e. The Morgan fingerprint density at radius 2 is 0.605 bits per heavy atom. The molecular formula is C110H142O2SeSi. The Hall–Kier alpha value is -7.46. The molecule has 5 aliphatic rings. The largest absolute Gasteiger partial charge is 0.457 e. The third-order valence-corrected chi connectivity index (χ3v) is 33.1. The summed E-state index contributed by atoms with van der Waals surface area (Å²) in [4.78, 5) is 0. The van der Waals surface area contributed by atoms with Crippen molar-refractivity contribution in [3.63, 3.8) is 0 Å². The van der Waals surface area contributed by atoms with Gasteiger partial charge in [0.05, 0.1) is 0 Å². The number of unbranched alkanes of at least 4 members (excludes halogenated alkanes) is 8. The van der Waals surface area contributed by atoms with Gasteiger partial charge in [-0.3, -0.25) is 0 Å². The summed E-state index contributed by atoms with van der Waals surface area (Å²) in [6.45, 7) is 56.2. The van der Waals surface area contributed by atoms with Gasteiger partial charge in [-0.25, -0.2) is 0 Å². The van der Waals surface area contributed by atoms with E-state index in [0.29, 0.717) is 15.0 Å². The van der Waals surface area contributed by atoms with Crippen LogP contribution in [0.2, 0.25) is 13.1 Å². The summed E-state index contributed by atoms with van der Waals surface area (Å²) in [5, 5.41) is 2.94. The van der Waals surface area contributed by atoms with Crippen molar-refractivity contribution in [1.82, 2.24) is 0 Å². The van der Waals surface area contributed by atoms with Gasteiger partial charge in [0, 0.05) is 38.2 Å². The number of benzene rings is 10. The molecule has 0 unspecified atom stereocenters. The van der Waals surface area contributed by atoms with Crippen LogP contribution < -0.4 is 28.8 Å². The van der Waals surface area contributed by atoms with Gasteiger partial charge in [0.25, 0.3) is 0 Å². The van der Waals surface area contributed by atoms with Crippen LogP contribution in [-0.4, -0.2) is 23.0 Å². The Morgan fingerprint density at radius 3 is 1.08 bits per heavy atom. The second-order valence-corrected chi connectivity index (χ2v) is 43.8. The minimum Gasteiger partial charge on any atom is -0.457 e. The topological polar surface area (TPSA) is 18.5 Å². The average Bonchev–Trinajstić information content (AvgIpc) is 0.705. The third kappa shape index (κ3) is 17.0. The van der Waals surface area contributed by atoms with Crippen LogP contribution in [0, 0.1) is 13.8 Å². The molecule has 0 radical (unpaired) electrons. The molecule has 3 aliphatic heterocycles. The molecule has 0 bridgehead atoms. The maximum Gasteiger partial charge on any atom is 0.134 e. The van der Waals surface area contributed by atoms with Crippen molar-refractivity contribution in [2.45, 2.75) is 326 Å². The van der Waals surface area contributed by atoms with Crippen LogP contribution in [0.5, 0.6) is 23.0 Å². The fraction of sp³-hybridized carbons (Fsp3) is 0.455. The molecule has 2 nitrogen and oxygen atoms in total. The SMILES string of the molecule is CCCCCc1cccc2c1C(C)(C)c1cccc(CCCCC)c1C2(C)C.CCCCCc1cccc2c1[Se]c1cccc(CCCCC)c1C2(C)C.CCc1cccc2c1C(C)(C)c1cccc(CC)c1C2(C)C.CCc1cccc2c1Oc1cccc(CC)c1[Si]2(C)C.Cc1cccc2c1Oc1cccc(C)c1C2(C)C. The maximum atomic E-state index is 6.31. The quantitative estimate of drug-likeness (QED) is 0.0559. The van der Waals surface area contributed by atoms with Gasteiger partial charge in [-0.1, -0.05) is 283 Å². The molecule has 0 atom stereocenters. The van der Waals surface area contributed by atoms with Crippen molar-refractivity contribution in [3.8, 4) is 23.0 Å². The van der Waals surface area contributed by atoms with Gasteiger partial charge in [0.15, 0.2) is 0 Å². The van der Waals surface area contributed by atoms with Gasteiger partial charge in [-0.15, -0.1) is 0 Å². The normalized spacial score (nSPS) is 16.0. The van der Waals surface area contributed by atoms with E-state index in [1.165, 1.54) is 169 Å². The van der Waals surface area contributed by atoms with E-state index >= 15 is 0 Å². The molecule has 3 heterocycles. The van der Waals surface area contributed by atoms with Gasteiger partial charge in [-0.2, -0.15) is 0 Å². The van der Waals surface area contributed by atoms with Crippen molar-refractivity contribution >= 4 is 42.3 Å². The molecule has 0 spiro atoms. The average molecular weight is 1600 g/mol. The Balaban J connectivity index is 0.000000142. The van der Waals surface area contributed by atoms with Gasteiger partial charge in [-0.05, 0) is 177 Å². The van der Waals surface area contributed by atoms with E-state index in [2.05, 4.69) is 347 Å². The molecule has 0 N–H and O–H groups in total. The van der Waals surface area contributed by atoms with E-state index in [1.54, 1.807) is 75.7 Å². The summed E-state index contributed by atoms with van der Waals surface area (Å²) < 4.78 is 15.7. The summed E-state index contributed by atoms with van der Waals surface area (Å²) in [6, 6.07) is 68.1. The first-order valence-electron chi connectivity index (χ1n) is 44.7. The van der Waals surface area contributed by atoms with E-state index in [9.17, 15) is 0 Å². The predicted molar refractivity (Wildman–Crippen MR) is 499 cm³/mol. The Bertz CT molecular complexity index is 4870. The molecule has 2 aliphatic carbocycles. The minimum absolute atomic E-state index is 0.000278. The van der Waals surface area contributed by atoms with E-state index in [0.717, 1.165) is 48.7 Å². The van der Waals surface area contributed by atoms with E-state index in [4.69, 9.17) is 9.47 Å². The summed E-state index contributed by atoms with van der Waals surface area (Å²) >= 11 is 0.448. The minimum atomic E-state index is -1.67. The molecule has 0 saturated carbocycles. The van der Waals surface area contributed by atoms with E-state index in [-0.39, 0.29) is 32.5 Å². The van der Waals surface area contributed by atoms with Crippen molar-refractivity contribution in [2.24, 2.45) is 0 Å². The van der Waals surface area contributed by atoms with Crippen LogP contribution >= 0.6 is 0 Å². The predicted octanol–water partition coefficient (Wildman–Crippen LogP) is 27.8. The van der Waals surface area contributed by atoms with Gasteiger partial charge in [0.2, 0.25) is 0 Å². The molecule has 10 aromatic carbocycles. The van der Waals surface area contributed by atoms with Crippen LogP contribution in [0.3, 0.4) is 0 Å². The van der Waals surface area contributed by atoms with Crippen molar-refractivity contribution in [2.75, 3.05) is 0 Å². The third-order valence-electron chi connectivity index (χ3n) is 26.9. The molecule has 0 fully saturated rings. The zero-order valence-electron chi connectivity index (χ0n) is 75.2. The first-order valence-corrected chi connectivity index (χ1v) is 49.4. The first kappa shape index (κ1) is 87.4. The standard InChI is InChI=1S/C28H40.C25H34Se.C22H28.C18H22OSi.C17H18O/c1-7-9-11-15-21-17-13-19-23-25(21)27(3,4)24-20-14-18-22(16-12-10-8-2)26(24)28(23,5)6;1-5-7-9-13-19-15-12-18-22-23(19)25(3,4)21-17-11-16-20(24(21)26-22)14-10-8-6-2;1-7-15-11-9-13-17-19(15)21(3,4)18-14-10-12-16(8-2)20(18)22(17,5)6;1-5-13-9-8-12-16-17(13)19-15-11-7-10-14(6-2)18(15)20(16,3)4;1-11-7-6-10-14-15(11)17(3,4)13-9-5-8-12(2)16(13)18-14/h13-14,17-20H,7-12,15-16H2,1-6H3;11-12,15-18H,5-10,13-14H2,1-4H3;9-14H,7-8H2,1-6H3;7-12H,5-6H2,1-4H3;5-10H,1-4H3. The van der Waals surface area contributed by atoms with Crippen LogP contribution in [0.25, 0.3) is 0 Å². The molecule has 604 valence electrons. The number of rotatable bonds is 20. The molecule has 0 amide bonds. The summed E-state index contributed by atoms with van der Waals surface area (Å²) in [7, 11) is -1.67. The number of hydrogen-bond donors (Lipinski definition) is 0. The van der Waals surface area contributed by atoms with Crippen LogP contribution in [-0.2, 0) is 83.9 Å². The van der Waals surface area contributed by atoms with Crippen molar-refractivity contribution in [1.29, 1.82) is 0 Å². The van der Waals surface area contributed by atoms with Gasteiger partial charge in [0.1, 0.15) is 31.1 Å².